The van der Waals surface area contributed by atoms with Crippen LogP contribution in [0.4, 0.5) is 0 Å². The molecule has 2 unspecified atom stereocenters. The van der Waals surface area contributed by atoms with Gasteiger partial charge in [0.1, 0.15) is 5.69 Å². The summed E-state index contributed by atoms with van der Waals surface area (Å²) in [6.07, 6.45) is 3.36. The van der Waals surface area contributed by atoms with Crippen LogP contribution in [0.2, 0.25) is 0 Å². The predicted octanol–water partition coefficient (Wildman–Crippen LogP) is -0.694. The Labute approximate surface area is 119 Å². The van der Waals surface area contributed by atoms with Gasteiger partial charge in [0.05, 0.1) is 18.4 Å². The first-order valence-electron chi connectivity index (χ1n) is 6.43. The van der Waals surface area contributed by atoms with E-state index in [1.165, 1.54) is 21.4 Å². The topological polar surface area (TPSA) is 113 Å². The van der Waals surface area contributed by atoms with E-state index in [0.717, 1.165) is 0 Å². The summed E-state index contributed by atoms with van der Waals surface area (Å²) in [5, 5.41) is 9.79. The summed E-state index contributed by atoms with van der Waals surface area (Å²) in [6.45, 7) is 0.216. The molecule has 2 atom stereocenters. The first kappa shape index (κ1) is 12.7. The van der Waals surface area contributed by atoms with Crippen molar-refractivity contribution >= 4 is 10.0 Å². The van der Waals surface area contributed by atoms with Gasteiger partial charge in [-0.2, -0.15) is 4.31 Å². The molecule has 0 aliphatic carbocycles. The van der Waals surface area contributed by atoms with Gasteiger partial charge in [-0.05, 0) is 6.42 Å². The van der Waals surface area contributed by atoms with Gasteiger partial charge in [0.25, 0.3) is 10.0 Å². The molecule has 2 aliphatic heterocycles. The molecule has 0 aromatic carbocycles. The van der Waals surface area contributed by atoms with Crippen molar-refractivity contribution in [1.29, 1.82) is 0 Å². The van der Waals surface area contributed by atoms with Crippen LogP contribution in [0, 0.1) is 0 Å². The van der Waals surface area contributed by atoms with Crippen LogP contribution in [0.25, 0.3) is 0 Å². The standard InChI is InChI=1S/C11H13N5O4S/c1-14-4-8(12-5-14)21(19,20)15-3-6-2-7(15)9-10(17)13-11(18)16(6)9/h4-7,17H,2-3H2,1H3,(H,13,18). The van der Waals surface area contributed by atoms with Gasteiger partial charge in [-0.1, -0.05) is 0 Å². The smallest absolute Gasteiger partial charge is 0.328 e. The highest BCUT2D eigenvalue weighted by molar-refractivity contribution is 7.89. The van der Waals surface area contributed by atoms with E-state index in [1.54, 1.807) is 11.6 Å². The number of sulfonamides is 1. The number of aromatic amines is 1. The van der Waals surface area contributed by atoms with Crippen molar-refractivity contribution in [3.63, 3.8) is 0 Å². The van der Waals surface area contributed by atoms with Gasteiger partial charge in [-0.3, -0.25) is 9.55 Å². The monoisotopic (exact) mass is 311 g/mol. The maximum absolute atomic E-state index is 12.6. The third-order valence-electron chi connectivity index (χ3n) is 4.11. The summed E-state index contributed by atoms with van der Waals surface area (Å²) in [5.41, 5.74) is -0.0550. The van der Waals surface area contributed by atoms with E-state index in [2.05, 4.69) is 9.97 Å². The number of imidazole rings is 2. The summed E-state index contributed by atoms with van der Waals surface area (Å²) in [5.74, 6) is -0.256. The zero-order valence-corrected chi connectivity index (χ0v) is 11.9. The minimum Gasteiger partial charge on any atom is -0.493 e. The molecule has 2 bridgehead atoms. The number of hydrogen-bond acceptors (Lipinski definition) is 5. The van der Waals surface area contributed by atoms with Crippen LogP contribution in [-0.2, 0) is 17.1 Å². The molecule has 1 saturated heterocycles. The van der Waals surface area contributed by atoms with Crippen LogP contribution in [-0.4, -0.2) is 43.5 Å². The maximum Gasteiger partial charge on any atom is 0.328 e. The molecule has 0 saturated carbocycles. The van der Waals surface area contributed by atoms with Crippen LogP contribution in [0.5, 0.6) is 5.88 Å². The molecular weight excluding hydrogens is 298 g/mol. The van der Waals surface area contributed by atoms with Gasteiger partial charge in [0.2, 0.25) is 5.88 Å². The lowest BCUT2D eigenvalue weighted by molar-refractivity contribution is 0.342. The third kappa shape index (κ3) is 1.51. The van der Waals surface area contributed by atoms with Gasteiger partial charge in [-0.15, -0.1) is 0 Å². The van der Waals surface area contributed by atoms with E-state index in [9.17, 15) is 18.3 Å². The Morgan fingerprint density at radius 1 is 1.48 bits per heavy atom. The number of hydrogen-bond donors (Lipinski definition) is 2. The van der Waals surface area contributed by atoms with Gasteiger partial charge in [0, 0.05) is 19.8 Å². The Bertz CT molecular complexity index is 892. The van der Waals surface area contributed by atoms with E-state index >= 15 is 0 Å². The molecule has 9 nitrogen and oxygen atoms in total. The summed E-state index contributed by atoms with van der Waals surface area (Å²) >= 11 is 0. The van der Waals surface area contributed by atoms with Crippen LogP contribution in [0.15, 0.2) is 22.3 Å². The van der Waals surface area contributed by atoms with Gasteiger partial charge in [-0.25, -0.2) is 18.2 Å². The number of aromatic nitrogens is 4. The number of H-pyrrole nitrogens is 1. The number of fused-ring (bicyclic) bond motifs is 5. The quantitative estimate of drug-likeness (QED) is 0.762. The lowest BCUT2D eigenvalue weighted by atomic mass is 10.2. The highest BCUT2D eigenvalue weighted by atomic mass is 32.2. The molecule has 2 N–H and O–H groups in total. The zero-order valence-electron chi connectivity index (χ0n) is 11.1. The second-order valence-corrected chi connectivity index (χ2v) is 7.23. The fraction of sp³-hybridized carbons (Fsp3) is 0.455. The Kier molecular flexibility index (Phi) is 2.27. The number of nitrogens with one attached hydrogen (secondary N) is 1. The van der Waals surface area contributed by atoms with Crippen LogP contribution >= 0.6 is 0 Å². The Balaban J connectivity index is 1.81. The lowest BCUT2D eigenvalue weighted by Crippen LogP contribution is -2.37. The summed E-state index contributed by atoms with van der Waals surface area (Å²) in [6, 6.07) is -0.769. The maximum atomic E-state index is 12.6. The number of aromatic hydroxyl groups is 1. The van der Waals surface area contributed by atoms with E-state index in [-0.39, 0.29) is 23.5 Å². The fourth-order valence-corrected chi connectivity index (χ4v) is 4.87. The van der Waals surface area contributed by atoms with Crippen molar-refractivity contribution in [2.75, 3.05) is 6.54 Å². The average Bonchev–Trinajstić information content (AvgIpc) is 3.13. The van der Waals surface area contributed by atoms with E-state index in [0.29, 0.717) is 12.1 Å². The molecule has 0 radical (unpaired) electrons. The highest BCUT2D eigenvalue weighted by Gasteiger charge is 2.51. The lowest BCUT2D eigenvalue weighted by Gasteiger charge is -2.25. The molecule has 2 aliphatic rings. The van der Waals surface area contributed by atoms with E-state index in [4.69, 9.17) is 0 Å². The fourth-order valence-electron chi connectivity index (χ4n) is 3.26. The third-order valence-corrected chi connectivity index (χ3v) is 5.88. The summed E-state index contributed by atoms with van der Waals surface area (Å²) in [4.78, 5) is 17.9. The van der Waals surface area contributed by atoms with Gasteiger partial charge in [0.15, 0.2) is 5.03 Å². The van der Waals surface area contributed by atoms with Crippen molar-refractivity contribution < 1.29 is 13.5 Å². The minimum absolute atomic E-state index is 0.0264. The second kappa shape index (κ2) is 3.77. The minimum atomic E-state index is -3.74. The van der Waals surface area contributed by atoms with E-state index in [1.807, 2.05) is 0 Å². The molecule has 112 valence electrons. The molecule has 1 fully saturated rings. The first-order valence-corrected chi connectivity index (χ1v) is 7.87. The highest BCUT2D eigenvalue weighted by Crippen LogP contribution is 2.49. The SMILES string of the molecule is Cn1cnc(S(=O)(=O)N2CC3CC2c2c(O)[nH]c(=O)n23)c1. The van der Waals surface area contributed by atoms with E-state index < -0.39 is 21.8 Å². The van der Waals surface area contributed by atoms with Crippen LogP contribution in [0.3, 0.4) is 0 Å². The molecule has 4 rings (SSSR count). The van der Waals surface area contributed by atoms with Crippen molar-refractivity contribution in [1.82, 2.24) is 23.4 Å². The molecule has 0 amide bonds. The average molecular weight is 311 g/mol. The number of rotatable bonds is 2. The summed E-state index contributed by atoms with van der Waals surface area (Å²) < 4.78 is 29.6. The molecule has 10 heteroatoms. The van der Waals surface area contributed by atoms with Crippen LogP contribution < -0.4 is 5.69 Å². The molecular formula is C11H13N5O4S. The van der Waals surface area contributed by atoms with Crippen molar-refractivity contribution in [2.24, 2.45) is 7.05 Å². The summed E-state index contributed by atoms with van der Waals surface area (Å²) in [7, 11) is -2.05. The van der Waals surface area contributed by atoms with Gasteiger partial charge < -0.3 is 9.67 Å². The number of nitrogens with zero attached hydrogens (tertiary/aromatic N) is 4. The van der Waals surface area contributed by atoms with Crippen molar-refractivity contribution in [3.05, 3.63) is 28.7 Å². The molecule has 21 heavy (non-hydrogen) atoms. The molecule has 2 aromatic heterocycles. The number of aryl methyl sites for hydroxylation is 1. The predicted molar refractivity (Wildman–Crippen MR) is 70.2 cm³/mol. The Hall–Kier alpha value is -2.07. The largest absolute Gasteiger partial charge is 0.493 e. The zero-order chi connectivity index (χ0) is 14.9. The Morgan fingerprint density at radius 3 is 2.90 bits per heavy atom. The molecule has 4 heterocycles. The first-order chi connectivity index (χ1) is 9.89. The second-order valence-electron chi connectivity index (χ2n) is 5.39. The van der Waals surface area contributed by atoms with Crippen molar-refractivity contribution in [2.45, 2.75) is 23.5 Å². The van der Waals surface area contributed by atoms with Crippen LogP contribution in [0.1, 0.15) is 24.2 Å². The molecule has 0 spiro atoms. The Morgan fingerprint density at radius 2 is 2.24 bits per heavy atom. The molecule has 2 aromatic rings. The normalized spacial score (nSPS) is 24.6. The van der Waals surface area contributed by atoms with Crippen molar-refractivity contribution in [3.8, 4) is 5.88 Å². The van der Waals surface area contributed by atoms with Gasteiger partial charge >= 0.3 is 5.69 Å².